The number of allylic oxidation sites excluding steroid dienone is 1. The Bertz CT molecular complexity index is 1130. The summed E-state index contributed by atoms with van der Waals surface area (Å²) < 4.78 is 1.77. The minimum atomic E-state index is 0.0491. The molecule has 0 aromatic carbocycles. The van der Waals surface area contributed by atoms with Crippen LogP contribution in [0.2, 0.25) is 0 Å². The first-order valence-corrected chi connectivity index (χ1v) is 9.84. The Labute approximate surface area is 168 Å². The van der Waals surface area contributed by atoms with Gasteiger partial charge in [-0.25, -0.2) is 14.5 Å². The molecule has 1 fully saturated rings. The highest BCUT2D eigenvalue weighted by atomic mass is 16.2. The van der Waals surface area contributed by atoms with Gasteiger partial charge in [-0.15, -0.1) is 0 Å². The number of pyridine rings is 1. The van der Waals surface area contributed by atoms with E-state index in [1.165, 1.54) is 0 Å². The van der Waals surface area contributed by atoms with E-state index in [1.807, 2.05) is 36.5 Å². The first-order chi connectivity index (χ1) is 14.1. The van der Waals surface area contributed by atoms with Gasteiger partial charge in [0, 0.05) is 57.6 Å². The second kappa shape index (κ2) is 6.97. The van der Waals surface area contributed by atoms with Gasteiger partial charge in [-0.1, -0.05) is 6.08 Å². The average Bonchev–Trinajstić information content (AvgIpc) is 3.37. The van der Waals surface area contributed by atoms with Crippen LogP contribution in [0.1, 0.15) is 27.2 Å². The monoisotopic (exact) mass is 389 g/mol. The van der Waals surface area contributed by atoms with E-state index in [4.69, 9.17) is 0 Å². The van der Waals surface area contributed by atoms with Gasteiger partial charge in [0.15, 0.2) is 0 Å². The number of amides is 1. The Balaban J connectivity index is 1.49. The molecular weight excluding hydrogens is 366 g/mol. The molecule has 1 amide bonds. The number of hydrogen-bond donors (Lipinski definition) is 1. The van der Waals surface area contributed by atoms with Crippen molar-refractivity contribution in [3.8, 4) is 0 Å². The molecule has 1 aliphatic carbocycles. The minimum absolute atomic E-state index is 0.0491. The van der Waals surface area contributed by atoms with Crippen molar-refractivity contribution in [1.82, 2.24) is 29.4 Å². The van der Waals surface area contributed by atoms with E-state index < -0.39 is 0 Å². The van der Waals surface area contributed by atoms with E-state index in [9.17, 15) is 4.79 Å². The molecule has 3 aromatic heterocycles. The van der Waals surface area contributed by atoms with Crippen LogP contribution in [-0.2, 0) is 6.42 Å². The third kappa shape index (κ3) is 3.05. The van der Waals surface area contributed by atoms with E-state index in [2.05, 4.69) is 38.4 Å². The molecule has 0 saturated carbocycles. The molecule has 8 heteroatoms. The number of carbonyl (C=O) groups excluding carboxylic acids is 1. The van der Waals surface area contributed by atoms with Crippen LogP contribution in [-0.4, -0.2) is 75.6 Å². The molecule has 1 aliphatic heterocycles. The van der Waals surface area contributed by atoms with Crippen LogP contribution in [0, 0.1) is 0 Å². The highest BCUT2D eigenvalue weighted by Crippen LogP contribution is 2.32. The summed E-state index contributed by atoms with van der Waals surface area (Å²) in [7, 11) is 3.90. The number of nitrogens with zero attached hydrogens (tertiary/aromatic N) is 6. The summed E-state index contributed by atoms with van der Waals surface area (Å²) in [5, 5.41) is 7.37. The van der Waals surface area contributed by atoms with Gasteiger partial charge < -0.3 is 15.1 Å². The number of fused-ring (bicyclic) bond motifs is 2. The molecule has 0 atom stereocenters. The van der Waals surface area contributed by atoms with Crippen LogP contribution in [0.3, 0.4) is 0 Å². The van der Waals surface area contributed by atoms with Gasteiger partial charge in [-0.05, 0) is 30.3 Å². The molecule has 2 aliphatic rings. The van der Waals surface area contributed by atoms with Crippen LogP contribution in [0.4, 0.5) is 5.95 Å². The fourth-order valence-electron chi connectivity index (χ4n) is 3.99. The third-order valence-corrected chi connectivity index (χ3v) is 5.73. The molecule has 3 aromatic rings. The van der Waals surface area contributed by atoms with E-state index in [-0.39, 0.29) is 5.91 Å². The van der Waals surface area contributed by atoms with Crippen molar-refractivity contribution in [2.45, 2.75) is 6.42 Å². The van der Waals surface area contributed by atoms with Crippen molar-refractivity contribution >= 4 is 22.9 Å². The maximum Gasteiger partial charge on any atom is 0.257 e. The molecule has 0 unspecified atom stereocenters. The predicted molar refractivity (Wildman–Crippen MR) is 111 cm³/mol. The number of carbonyl (C=O) groups is 1. The van der Waals surface area contributed by atoms with Crippen molar-refractivity contribution in [2.24, 2.45) is 0 Å². The molecule has 29 heavy (non-hydrogen) atoms. The quantitative estimate of drug-likeness (QED) is 0.732. The van der Waals surface area contributed by atoms with E-state index in [0.29, 0.717) is 11.5 Å². The Hall–Kier alpha value is -3.26. The van der Waals surface area contributed by atoms with Gasteiger partial charge >= 0.3 is 0 Å². The number of nitrogens with one attached hydrogen (secondary N) is 1. The molecule has 148 valence electrons. The lowest BCUT2D eigenvalue weighted by molar-refractivity contribution is 0.0666. The van der Waals surface area contributed by atoms with Crippen LogP contribution in [0.25, 0.3) is 11.1 Å². The zero-order valence-electron chi connectivity index (χ0n) is 16.6. The molecule has 0 bridgehead atoms. The maximum atomic E-state index is 13.1. The van der Waals surface area contributed by atoms with Gasteiger partial charge in [-0.3, -0.25) is 4.79 Å². The molecule has 1 saturated heterocycles. The van der Waals surface area contributed by atoms with Gasteiger partial charge in [0.2, 0.25) is 5.95 Å². The molecule has 5 rings (SSSR count). The lowest BCUT2D eigenvalue weighted by Crippen LogP contribution is -2.47. The molecule has 4 heterocycles. The lowest BCUT2D eigenvalue weighted by atomic mass is 10.0. The van der Waals surface area contributed by atoms with Gasteiger partial charge in [0.1, 0.15) is 0 Å². The Morgan fingerprint density at radius 3 is 2.79 bits per heavy atom. The van der Waals surface area contributed by atoms with E-state index >= 15 is 0 Å². The van der Waals surface area contributed by atoms with Crippen LogP contribution < -0.4 is 5.32 Å². The first kappa shape index (κ1) is 17.8. The van der Waals surface area contributed by atoms with Crippen molar-refractivity contribution in [1.29, 1.82) is 0 Å². The van der Waals surface area contributed by atoms with Gasteiger partial charge in [0.25, 0.3) is 5.91 Å². The Morgan fingerprint density at radius 2 is 2.00 bits per heavy atom. The predicted octanol–water partition coefficient (Wildman–Crippen LogP) is 1.54. The van der Waals surface area contributed by atoms with E-state index in [0.717, 1.165) is 60.5 Å². The van der Waals surface area contributed by atoms with Crippen molar-refractivity contribution in [3.05, 3.63) is 59.2 Å². The molecular formula is C21H23N7O. The number of piperazine rings is 1. The number of rotatable bonds is 3. The number of hydrogen-bond acceptors (Lipinski definition) is 6. The second-order valence-electron chi connectivity index (χ2n) is 7.52. The number of likely N-dealkylation sites (N-methyl/N-ethyl adjacent to an activating group) is 1. The highest BCUT2D eigenvalue weighted by Gasteiger charge is 2.24. The topological polar surface area (TPSA) is 78.7 Å². The molecule has 1 N–H and O–H groups in total. The summed E-state index contributed by atoms with van der Waals surface area (Å²) in [6.07, 6.45) is 8.40. The van der Waals surface area contributed by atoms with Crippen molar-refractivity contribution < 1.29 is 4.79 Å². The SMILES string of the molecule is CNc1ncc2c(n1)CC=C2c1ccn2ncc(C(=O)N3CCN(C)CC3)c2c1. The fraction of sp³-hybridized carbons (Fsp3) is 0.333. The first-order valence-electron chi connectivity index (χ1n) is 9.84. The summed E-state index contributed by atoms with van der Waals surface area (Å²) in [5.41, 5.74) is 5.68. The second-order valence-corrected chi connectivity index (χ2v) is 7.52. The lowest BCUT2D eigenvalue weighted by Gasteiger charge is -2.32. The Morgan fingerprint density at radius 1 is 1.17 bits per heavy atom. The Kier molecular flexibility index (Phi) is 4.28. The summed E-state index contributed by atoms with van der Waals surface area (Å²) in [5.74, 6) is 0.678. The van der Waals surface area contributed by atoms with Crippen molar-refractivity contribution in [2.75, 3.05) is 45.6 Å². The van der Waals surface area contributed by atoms with Crippen LogP contribution in [0.5, 0.6) is 0 Å². The summed E-state index contributed by atoms with van der Waals surface area (Å²) >= 11 is 0. The van der Waals surface area contributed by atoms with Gasteiger partial charge in [0.05, 0.1) is 23.0 Å². The van der Waals surface area contributed by atoms with E-state index in [1.54, 1.807) is 10.7 Å². The smallest absolute Gasteiger partial charge is 0.257 e. The number of anilines is 1. The summed E-state index contributed by atoms with van der Waals surface area (Å²) in [4.78, 5) is 26.2. The summed E-state index contributed by atoms with van der Waals surface area (Å²) in [6, 6.07) is 4.07. The zero-order valence-corrected chi connectivity index (χ0v) is 16.6. The molecule has 0 spiro atoms. The highest BCUT2D eigenvalue weighted by molar-refractivity contribution is 6.01. The van der Waals surface area contributed by atoms with Gasteiger partial charge in [-0.2, -0.15) is 5.10 Å². The normalized spacial score (nSPS) is 16.8. The minimum Gasteiger partial charge on any atom is -0.357 e. The van der Waals surface area contributed by atoms with Crippen LogP contribution in [0.15, 0.2) is 36.8 Å². The average molecular weight is 389 g/mol. The third-order valence-electron chi connectivity index (χ3n) is 5.73. The molecule has 0 radical (unpaired) electrons. The standard InChI is InChI=1S/C21H23N7O/c1-22-21-23-12-16-15(3-4-18(16)25-21)14-5-6-28-19(11-14)17(13-24-28)20(29)27-9-7-26(2)8-10-27/h3,5-6,11-13H,4,7-10H2,1-2H3,(H,22,23,25). The zero-order chi connectivity index (χ0) is 20.0. The van der Waals surface area contributed by atoms with Crippen molar-refractivity contribution in [3.63, 3.8) is 0 Å². The maximum absolute atomic E-state index is 13.1. The van der Waals surface area contributed by atoms with Crippen LogP contribution >= 0.6 is 0 Å². The summed E-state index contributed by atoms with van der Waals surface area (Å²) in [6.45, 7) is 3.29. The number of aromatic nitrogens is 4. The molecule has 8 nitrogen and oxygen atoms in total. The fourth-order valence-corrected chi connectivity index (χ4v) is 3.99. The largest absolute Gasteiger partial charge is 0.357 e.